The summed E-state index contributed by atoms with van der Waals surface area (Å²) in [6.45, 7) is 6.72. The third kappa shape index (κ3) is 3.77. The van der Waals surface area contributed by atoms with E-state index < -0.39 is 17.4 Å². The molecule has 16 heavy (non-hydrogen) atoms. The van der Waals surface area contributed by atoms with E-state index in [1.54, 1.807) is 27.7 Å². The first-order chi connectivity index (χ1) is 7.23. The quantitative estimate of drug-likeness (QED) is 0.541. The maximum Gasteiger partial charge on any atom is 0.328 e. The Morgan fingerprint density at radius 1 is 1.50 bits per heavy atom. The molecule has 0 heterocycles. The zero-order valence-corrected chi connectivity index (χ0v) is 10.8. The van der Waals surface area contributed by atoms with E-state index >= 15 is 0 Å². The Kier molecular flexibility index (Phi) is 5.37. The molecule has 6 heteroatoms. The van der Waals surface area contributed by atoms with Gasteiger partial charge in [-0.2, -0.15) is 0 Å². The van der Waals surface area contributed by atoms with Gasteiger partial charge in [0.25, 0.3) is 0 Å². The zero-order chi connectivity index (χ0) is 12.9. The molecule has 92 valence electrons. The molecule has 0 aromatic carbocycles. The number of nitrogens with one attached hydrogen (secondary N) is 1. The van der Waals surface area contributed by atoms with Crippen LogP contribution in [0.25, 0.3) is 0 Å². The van der Waals surface area contributed by atoms with Crippen molar-refractivity contribution in [2.24, 2.45) is 11.1 Å². The second kappa shape index (κ2) is 5.79. The summed E-state index contributed by atoms with van der Waals surface area (Å²) in [6, 6.07) is -0.707. The lowest BCUT2D eigenvalue weighted by atomic mass is 9.92. The van der Waals surface area contributed by atoms with Gasteiger partial charge in [-0.1, -0.05) is 12.2 Å². The highest BCUT2D eigenvalue weighted by Gasteiger charge is 2.32. The van der Waals surface area contributed by atoms with Gasteiger partial charge in [-0.15, -0.1) is 0 Å². The Balaban J connectivity index is 4.46. The Morgan fingerprint density at radius 2 is 2.00 bits per heavy atom. The van der Waals surface area contributed by atoms with Crippen LogP contribution in [0.5, 0.6) is 0 Å². The number of hydrogen-bond acceptors (Lipinski definition) is 4. The SMILES string of the molecule is CCOC(=O)C(C)NC(=O)C(C)(C)C(N)=S. The number of hydrogen-bond donors (Lipinski definition) is 2. The average molecular weight is 246 g/mol. The molecular formula is C10H18N2O3S. The Morgan fingerprint density at radius 3 is 2.38 bits per heavy atom. The summed E-state index contributed by atoms with van der Waals surface area (Å²) < 4.78 is 4.76. The Bertz CT molecular complexity index is 302. The Hall–Kier alpha value is -1.17. The number of thiocarbonyl (C=S) groups is 1. The van der Waals surface area contributed by atoms with Gasteiger partial charge in [-0.25, -0.2) is 4.79 Å². The first-order valence-electron chi connectivity index (χ1n) is 5.01. The zero-order valence-electron chi connectivity index (χ0n) is 9.99. The van der Waals surface area contributed by atoms with Crippen molar-refractivity contribution in [1.82, 2.24) is 5.32 Å². The molecule has 0 rings (SSSR count). The number of carbonyl (C=O) groups is 2. The van der Waals surface area contributed by atoms with E-state index in [1.165, 1.54) is 0 Å². The number of rotatable bonds is 5. The summed E-state index contributed by atoms with van der Waals surface area (Å²) in [5.41, 5.74) is 4.46. The number of ether oxygens (including phenoxy) is 1. The van der Waals surface area contributed by atoms with Crippen LogP contribution in [0.15, 0.2) is 0 Å². The molecule has 0 bridgehead atoms. The molecule has 1 atom stereocenters. The van der Waals surface area contributed by atoms with Gasteiger partial charge in [0.15, 0.2) is 0 Å². The maximum atomic E-state index is 11.7. The lowest BCUT2D eigenvalue weighted by Crippen LogP contribution is -2.50. The third-order valence-corrected chi connectivity index (χ3v) is 2.68. The molecule has 0 aliphatic rings. The maximum absolute atomic E-state index is 11.7. The normalized spacial score (nSPS) is 12.8. The van der Waals surface area contributed by atoms with Crippen molar-refractivity contribution in [3.05, 3.63) is 0 Å². The summed E-state index contributed by atoms with van der Waals surface area (Å²) in [7, 11) is 0. The number of esters is 1. The van der Waals surface area contributed by atoms with E-state index in [0.717, 1.165) is 0 Å². The fraction of sp³-hybridized carbons (Fsp3) is 0.700. The minimum atomic E-state index is -0.976. The van der Waals surface area contributed by atoms with E-state index in [4.69, 9.17) is 22.7 Å². The number of nitrogens with two attached hydrogens (primary N) is 1. The molecule has 1 unspecified atom stereocenters. The van der Waals surface area contributed by atoms with Gasteiger partial charge >= 0.3 is 5.97 Å². The van der Waals surface area contributed by atoms with Crippen LogP contribution in [-0.2, 0) is 14.3 Å². The largest absolute Gasteiger partial charge is 0.464 e. The molecule has 0 saturated heterocycles. The van der Waals surface area contributed by atoms with E-state index in [-0.39, 0.29) is 17.5 Å². The first-order valence-corrected chi connectivity index (χ1v) is 5.41. The van der Waals surface area contributed by atoms with Crippen molar-refractivity contribution < 1.29 is 14.3 Å². The van der Waals surface area contributed by atoms with Crippen LogP contribution in [0, 0.1) is 5.41 Å². The predicted octanol–water partition coefficient (Wildman–Crippen LogP) is 0.367. The van der Waals surface area contributed by atoms with Crippen molar-refractivity contribution in [1.29, 1.82) is 0 Å². The van der Waals surface area contributed by atoms with Crippen LogP contribution in [0.4, 0.5) is 0 Å². The summed E-state index contributed by atoms with van der Waals surface area (Å²) in [5.74, 6) is -0.866. The first kappa shape index (κ1) is 14.8. The van der Waals surface area contributed by atoms with Gasteiger partial charge in [0.1, 0.15) is 6.04 Å². The standard InChI is InChI=1S/C10H18N2O3S/c1-5-15-7(13)6(2)12-9(14)10(3,4)8(11)16/h6H,5H2,1-4H3,(H2,11,16)(H,12,14). The van der Waals surface area contributed by atoms with Crippen LogP contribution in [0.2, 0.25) is 0 Å². The van der Waals surface area contributed by atoms with Crippen molar-refractivity contribution in [2.75, 3.05) is 6.61 Å². The highest BCUT2D eigenvalue weighted by atomic mass is 32.1. The lowest BCUT2D eigenvalue weighted by Gasteiger charge is -2.23. The highest BCUT2D eigenvalue weighted by molar-refractivity contribution is 7.80. The molecule has 0 aromatic heterocycles. The van der Waals surface area contributed by atoms with Crippen molar-refractivity contribution in [2.45, 2.75) is 33.7 Å². The van der Waals surface area contributed by atoms with Gasteiger partial charge in [-0.05, 0) is 27.7 Å². The molecule has 0 fully saturated rings. The van der Waals surface area contributed by atoms with Gasteiger partial charge in [0, 0.05) is 0 Å². The molecular weight excluding hydrogens is 228 g/mol. The minimum absolute atomic E-state index is 0.0843. The number of carbonyl (C=O) groups excluding carboxylic acids is 2. The molecule has 1 amide bonds. The highest BCUT2D eigenvalue weighted by Crippen LogP contribution is 2.15. The molecule has 0 aliphatic carbocycles. The fourth-order valence-corrected chi connectivity index (χ4v) is 0.908. The Labute approximate surface area is 101 Å². The molecule has 0 spiro atoms. The second-order valence-electron chi connectivity index (χ2n) is 3.94. The summed E-state index contributed by atoms with van der Waals surface area (Å²) in [5, 5.41) is 2.51. The molecule has 0 saturated carbocycles. The molecule has 3 N–H and O–H groups in total. The van der Waals surface area contributed by atoms with E-state index in [0.29, 0.717) is 0 Å². The fourth-order valence-electron chi connectivity index (χ4n) is 0.815. The molecule has 0 radical (unpaired) electrons. The summed E-state index contributed by atoms with van der Waals surface area (Å²) >= 11 is 4.78. The van der Waals surface area contributed by atoms with Gasteiger partial charge in [-0.3, -0.25) is 4.79 Å². The lowest BCUT2D eigenvalue weighted by molar-refractivity contribution is -0.147. The van der Waals surface area contributed by atoms with E-state index in [9.17, 15) is 9.59 Å². The molecule has 0 aromatic rings. The van der Waals surface area contributed by atoms with E-state index in [2.05, 4.69) is 5.32 Å². The van der Waals surface area contributed by atoms with Gasteiger partial charge in [0.05, 0.1) is 17.0 Å². The van der Waals surface area contributed by atoms with Crippen LogP contribution in [0.1, 0.15) is 27.7 Å². The van der Waals surface area contributed by atoms with Crippen molar-refractivity contribution in [3.63, 3.8) is 0 Å². The van der Waals surface area contributed by atoms with Crippen molar-refractivity contribution in [3.8, 4) is 0 Å². The third-order valence-electron chi connectivity index (χ3n) is 2.17. The monoisotopic (exact) mass is 246 g/mol. The van der Waals surface area contributed by atoms with Crippen molar-refractivity contribution >= 4 is 29.1 Å². The van der Waals surface area contributed by atoms with Gasteiger partial charge in [0.2, 0.25) is 5.91 Å². The summed E-state index contributed by atoms with van der Waals surface area (Å²) in [6.07, 6.45) is 0. The van der Waals surface area contributed by atoms with Crippen LogP contribution in [-0.4, -0.2) is 29.5 Å². The van der Waals surface area contributed by atoms with Gasteiger partial charge < -0.3 is 15.8 Å². The average Bonchev–Trinajstić information content (AvgIpc) is 2.17. The van der Waals surface area contributed by atoms with Crippen LogP contribution >= 0.6 is 12.2 Å². The van der Waals surface area contributed by atoms with Crippen LogP contribution in [0.3, 0.4) is 0 Å². The molecule has 0 aliphatic heterocycles. The topological polar surface area (TPSA) is 81.4 Å². The molecule has 5 nitrogen and oxygen atoms in total. The predicted molar refractivity (Wildman–Crippen MR) is 64.8 cm³/mol. The van der Waals surface area contributed by atoms with E-state index in [1.807, 2.05) is 0 Å². The number of amides is 1. The minimum Gasteiger partial charge on any atom is -0.464 e. The smallest absolute Gasteiger partial charge is 0.328 e. The second-order valence-corrected chi connectivity index (χ2v) is 4.38. The van der Waals surface area contributed by atoms with Crippen LogP contribution < -0.4 is 11.1 Å². The summed E-state index contributed by atoms with van der Waals surface area (Å²) in [4.78, 5) is 23.1.